The van der Waals surface area contributed by atoms with Crippen LogP contribution in [0.25, 0.3) is 10.9 Å². The van der Waals surface area contributed by atoms with Crippen LogP contribution in [0, 0.1) is 20.8 Å². The molecule has 0 bridgehead atoms. The van der Waals surface area contributed by atoms with Crippen molar-refractivity contribution in [2.75, 3.05) is 0 Å². The summed E-state index contributed by atoms with van der Waals surface area (Å²) >= 11 is 0. The first-order valence-corrected chi connectivity index (χ1v) is 5.36. The van der Waals surface area contributed by atoms with Crippen LogP contribution in [0.5, 0.6) is 0 Å². The van der Waals surface area contributed by atoms with Gasteiger partial charge in [0.25, 0.3) is 5.91 Å². The Hall–Kier alpha value is -1.94. The van der Waals surface area contributed by atoms with Gasteiger partial charge in [-0.25, -0.2) is 5.48 Å². The number of amides is 1. The molecule has 1 aromatic heterocycles. The number of rotatable bonds is 1. The van der Waals surface area contributed by atoms with Crippen LogP contribution in [-0.2, 0) is 0 Å². The van der Waals surface area contributed by atoms with Gasteiger partial charge >= 0.3 is 0 Å². The molecule has 4 nitrogen and oxygen atoms in total. The third-order valence-corrected chi connectivity index (χ3v) is 2.80. The molecule has 0 saturated carbocycles. The summed E-state index contributed by atoms with van der Waals surface area (Å²) in [5.41, 5.74) is 5.93. The Balaban J connectivity index is 2.77. The van der Waals surface area contributed by atoms with Crippen molar-refractivity contribution in [3.8, 4) is 0 Å². The summed E-state index contributed by atoms with van der Waals surface area (Å²) in [6.07, 6.45) is 0. The largest absolute Gasteiger partial charge is 0.288 e. The Labute approximate surface area is 99.3 Å². The smallest absolute Gasteiger partial charge is 0.274 e. The summed E-state index contributed by atoms with van der Waals surface area (Å²) < 4.78 is 0. The lowest BCUT2D eigenvalue weighted by molar-refractivity contribution is 0.0706. The average molecular weight is 230 g/mol. The Morgan fingerprint density at radius 2 is 1.88 bits per heavy atom. The van der Waals surface area contributed by atoms with Crippen molar-refractivity contribution in [1.29, 1.82) is 0 Å². The van der Waals surface area contributed by atoms with Gasteiger partial charge in [-0.15, -0.1) is 0 Å². The highest BCUT2D eigenvalue weighted by Crippen LogP contribution is 2.22. The van der Waals surface area contributed by atoms with Crippen molar-refractivity contribution in [2.24, 2.45) is 0 Å². The van der Waals surface area contributed by atoms with Crippen LogP contribution in [0.15, 0.2) is 18.2 Å². The number of nitrogens with one attached hydrogen (secondary N) is 1. The van der Waals surface area contributed by atoms with E-state index in [1.54, 1.807) is 17.6 Å². The van der Waals surface area contributed by atoms with Crippen molar-refractivity contribution in [3.63, 3.8) is 0 Å². The molecule has 2 N–H and O–H groups in total. The first-order valence-electron chi connectivity index (χ1n) is 5.36. The molecule has 0 aliphatic carbocycles. The van der Waals surface area contributed by atoms with E-state index in [2.05, 4.69) is 4.98 Å². The van der Waals surface area contributed by atoms with Gasteiger partial charge in [0, 0.05) is 16.6 Å². The second-order valence-corrected chi connectivity index (χ2v) is 4.21. The van der Waals surface area contributed by atoms with Crippen molar-refractivity contribution in [2.45, 2.75) is 20.8 Å². The van der Waals surface area contributed by atoms with Gasteiger partial charge in [0.2, 0.25) is 0 Å². The number of carbonyl (C=O) groups excluding carboxylic acids is 1. The number of hydroxylamine groups is 1. The summed E-state index contributed by atoms with van der Waals surface area (Å²) in [5.74, 6) is -0.505. The van der Waals surface area contributed by atoms with E-state index in [9.17, 15) is 4.79 Å². The van der Waals surface area contributed by atoms with Crippen molar-refractivity contribution < 1.29 is 10.0 Å². The summed E-state index contributed by atoms with van der Waals surface area (Å²) in [5, 5.41) is 9.59. The minimum absolute atomic E-state index is 0.436. The number of aryl methyl sites for hydroxylation is 3. The topological polar surface area (TPSA) is 62.2 Å². The second kappa shape index (κ2) is 4.14. The number of pyridine rings is 1. The molecule has 88 valence electrons. The summed E-state index contributed by atoms with van der Waals surface area (Å²) in [6, 6.07) is 5.44. The zero-order chi connectivity index (χ0) is 12.6. The lowest BCUT2D eigenvalue weighted by atomic mass is 10.0. The number of fused-ring (bicyclic) bond motifs is 1. The monoisotopic (exact) mass is 230 g/mol. The van der Waals surface area contributed by atoms with Crippen LogP contribution in [0.2, 0.25) is 0 Å². The molecule has 0 saturated heterocycles. The Morgan fingerprint density at radius 1 is 1.18 bits per heavy atom. The van der Waals surface area contributed by atoms with Crippen LogP contribution in [0.3, 0.4) is 0 Å². The van der Waals surface area contributed by atoms with Gasteiger partial charge in [0.15, 0.2) is 0 Å². The van der Waals surface area contributed by atoms with Crippen LogP contribution in [0.4, 0.5) is 0 Å². The molecule has 0 unspecified atom stereocenters. The minimum atomic E-state index is -0.505. The van der Waals surface area contributed by atoms with E-state index < -0.39 is 5.91 Å². The average Bonchev–Trinajstić information content (AvgIpc) is 2.29. The third-order valence-electron chi connectivity index (χ3n) is 2.80. The zero-order valence-corrected chi connectivity index (χ0v) is 10.0. The molecule has 0 aliphatic rings. The fraction of sp³-hybridized carbons (Fsp3) is 0.231. The van der Waals surface area contributed by atoms with E-state index in [-0.39, 0.29) is 0 Å². The predicted molar refractivity (Wildman–Crippen MR) is 65.2 cm³/mol. The molecule has 4 heteroatoms. The quantitative estimate of drug-likeness (QED) is 0.583. The first-order chi connectivity index (χ1) is 8.02. The third kappa shape index (κ3) is 1.99. The molecule has 1 heterocycles. The summed E-state index contributed by atoms with van der Waals surface area (Å²) in [7, 11) is 0. The number of hydrogen-bond donors (Lipinski definition) is 2. The number of hydrogen-bond acceptors (Lipinski definition) is 3. The molecule has 0 aliphatic heterocycles. The van der Waals surface area contributed by atoms with E-state index in [1.165, 1.54) is 0 Å². The lowest BCUT2D eigenvalue weighted by Crippen LogP contribution is -2.18. The molecular formula is C13H14N2O2. The van der Waals surface area contributed by atoms with Gasteiger partial charge in [-0.3, -0.25) is 15.0 Å². The molecule has 0 fully saturated rings. The van der Waals surface area contributed by atoms with Crippen LogP contribution >= 0.6 is 0 Å². The number of aromatic nitrogens is 1. The van der Waals surface area contributed by atoms with Gasteiger partial charge in [-0.2, -0.15) is 0 Å². The van der Waals surface area contributed by atoms with Gasteiger partial charge in [-0.05, 0) is 50.1 Å². The van der Waals surface area contributed by atoms with Crippen LogP contribution in [-0.4, -0.2) is 16.1 Å². The number of carbonyl (C=O) groups is 1. The highest BCUT2D eigenvalue weighted by atomic mass is 16.5. The molecule has 1 aromatic carbocycles. The summed E-state index contributed by atoms with van der Waals surface area (Å²) in [6.45, 7) is 5.83. The maximum Gasteiger partial charge on any atom is 0.274 e. The van der Waals surface area contributed by atoms with E-state index >= 15 is 0 Å². The Kier molecular flexibility index (Phi) is 2.81. The highest BCUT2D eigenvalue weighted by molar-refractivity contribution is 5.99. The predicted octanol–water partition coefficient (Wildman–Crippen LogP) is 2.28. The molecular weight excluding hydrogens is 216 g/mol. The van der Waals surface area contributed by atoms with E-state index in [0.29, 0.717) is 5.56 Å². The minimum Gasteiger partial charge on any atom is -0.288 e. The molecule has 17 heavy (non-hydrogen) atoms. The van der Waals surface area contributed by atoms with Gasteiger partial charge in [0.05, 0.1) is 5.52 Å². The Bertz CT molecular complexity index is 606. The van der Waals surface area contributed by atoms with E-state index in [0.717, 1.165) is 27.7 Å². The van der Waals surface area contributed by atoms with E-state index in [4.69, 9.17) is 5.21 Å². The fourth-order valence-corrected chi connectivity index (χ4v) is 2.02. The lowest BCUT2D eigenvalue weighted by Gasteiger charge is -2.08. The normalized spacial score (nSPS) is 10.6. The molecule has 2 rings (SSSR count). The molecule has 2 aromatic rings. The van der Waals surface area contributed by atoms with Gasteiger partial charge < -0.3 is 0 Å². The van der Waals surface area contributed by atoms with Crippen molar-refractivity contribution in [1.82, 2.24) is 10.5 Å². The summed E-state index contributed by atoms with van der Waals surface area (Å²) in [4.78, 5) is 15.9. The zero-order valence-electron chi connectivity index (χ0n) is 10.0. The SMILES string of the molecule is Cc1cc(C)c2cc(C(=O)NO)cc(C)c2n1. The van der Waals surface area contributed by atoms with Crippen molar-refractivity contribution >= 4 is 16.8 Å². The first kappa shape index (κ1) is 11.5. The maximum absolute atomic E-state index is 11.4. The maximum atomic E-state index is 11.4. The van der Waals surface area contributed by atoms with Crippen LogP contribution < -0.4 is 5.48 Å². The van der Waals surface area contributed by atoms with Crippen LogP contribution in [0.1, 0.15) is 27.2 Å². The standard InChI is InChI=1S/C13H14N2O2/c1-7-4-9(3)14-12-8(2)5-10(6-11(7)12)13(16)15-17/h4-6,17H,1-3H3,(H,15,16). The number of benzene rings is 1. The molecule has 0 atom stereocenters. The Morgan fingerprint density at radius 3 is 2.53 bits per heavy atom. The second-order valence-electron chi connectivity index (χ2n) is 4.21. The number of nitrogens with zero attached hydrogens (tertiary/aromatic N) is 1. The van der Waals surface area contributed by atoms with Gasteiger partial charge in [-0.1, -0.05) is 0 Å². The van der Waals surface area contributed by atoms with Gasteiger partial charge in [0.1, 0.15) is 0 Å². The molecule has 0 radical (unpaired) electrons. The van der Waals surface area contributed by atoms with Crippen molar-refractivity contribution in [3.05, 3.63) is 40.6 Å². The molecule has 0 spiro atoms. The van der Waals surface area contributed by atoms with E-state index in [1.807, 2.05) is 26.8 Å². The highest BCUT2D eigenvalue weighted by Gasteiger charge is 2.10. The molecule has 1 amide bonds. The fourth-order valence-electron chi connectivity index (χ4n) is 2.02.